The lowest BCUT2D eigenvalue weighted by atomic mass is 10.0. The number of nitriles is 1. The molecular weight excluding hydrogens is 805 g/mol. The molecule has 9 aromatic carbocycles. The molecule has 0 aliphatic carbocycles. The van der Waals surface area contributed by atoms with Gasteiger partial charge in [-0.3, -0.25) is 0 Å². The molecule has 12 aromatic rings. The van der Waals surface area contributed by atoms with Gasteiger partial charge in [-0.2, -0.15) is 5.26 Å². The van der Waals surface area contributed by atoms with Gasteiger partial charge in [0.25, 0.3) is 0 Å². The molecule has 0 atom stereocenters. The van der Waals surface area contributed by atoms with Crippen LogP contribution in [0.3, 0.4) is 0 Å². The van der Waals surface area contributed by atoms with Gasteiger partial charge >= 0.3 is 0 Å². The monoisotopic (exact) mass is 844 g/mol. The van der Waals surface area contributed by atoms with Crippen molar-refractivity contribution in [3.63, 3.8) is 0 Å². The van der Waals surface area contributed by atoms with E-state index in [0.717, 1.165) is 105 Å². The highest BCUT2D eigenvalue weighted by molar-refractivity contribution is 6.13. The molecule has 0 amide bonds. The van der Waals surface area contributed by atoms with E-state index in [4.69, 9.17) is 9.97 Å². The van der Waals surface area contributed by atoms with Gasteiger partial charge in [0.1, 0.15) is 23.3 Å². The molecule has 310 valence electrons. The Hall–Kier alpha value is -8.92. The van der Waals surface area contributed by atoms with Crippen molar-refractivity contribution in [2.24, 2.45) is 0 Å². The normalized spacial score (nSPS) is 11.5. The average molecular weight is 845 g/mol. The zero-order valence-corrected chi connectivity index (χ0v) is 36.3. The van der Waals surface area contributed by atoms with Crippen molar-refractivity contribution in [2.75, 3.05) is 0 Å². The van der Waals surface area contributed by atoms with Crippen LogP contribution >= 0.6 is 0 Å². The molecule has 0 bridgehead atoms. The van der Waals surface area contributed by atoms with E-state index in [9.17, 15) is 5.26 Å². The predicted octanol–water partition coefficient (Wildman–Crippen LogP) is 14.9. The lowest BCUT2D eigenvalue weighted by molar-refractivity contribution is 0.927. The first-order chi connectivity index (χ1) is 32.5. The van der Waals surface area contributed by atoms with Gasteiger partial charge in [0.05, 0.1) is 33.4 Å². The van der Waals surface area contributed by atoms with Gasteiger partial charge in [0.15, 0.2) is 5.82 Å². The first kappa shape index (κ1) is 38.7. The number of aryl methyl sites for hydroxylation is 2. The summed E-state index contributed by atoms with van der Waals surface area (Å²) >= 11 is 0. The summed E-state index contributed by atoms with van der Waals surface area (Å²) in [7, 11) is 0. The highest BCUT2D eigenvalue weighted by Gasteiger charge is 2.25. The Morgan fingerprint density at radius 3 is 0.924 bits per heavy atom. The molecule has 0 spiro atoms. The Kier molecular flexibility index (Phi) is 9.22. The molecule has 6 nitrogen and oxygen atoms in total. The molecule has 0 unspecified atom stereocenters. The highest BCUT2D eigenvalue weighted by Crippen LogP contribution is 2.43. The average Bonchev–Trinajstić information content (AvgIpc) is 3.87. The van der Waals surface area contributed by atoms with Crippen LogP contribution in [0.2, 0.25) is 0 Å². The molecule has 0 saturated heterocycles. The minimum absolute atomic E-state index is 0.518. The Balaban J connectivity index is 1.24. The first-order valence-corrected chi connectivity index (χ1v) is 22.2. The van der Waals surface area contributed by atoms with Gasteiger partial charge in [0, 0.05) is 27.1 Å². The second kappa shape index (κ2) is 15.7. The van der Waals surface area contributed by atoms with Gasteiger partial charge in [-0.1, -0.05) is 170 Å². The molecule has 0 radical (unpaired) electrons. The Morgan fingerprint density at radius 1 is 0.333 bits per heavy atom. The number of hydrogen-bond acceptors (Lipinski definition) is 4. The fourth-order valence-corrected chi connectivity index (χ4v) is 9.75. The Labute approximate surface area is 382 Å². The molecule has 0 N–H and O–H groups in total. The van der Waals surface area contributed by atoms with E-state index in [-0.39, 0.29) is 0 Å². The van der Waals surface area contributed by atoms with Crippen LogP contribution in [-0.4, -0.2) is 24.1 Å². The molecule has 0 saturated carbocycles. The van der Waals surface area contributed by atoms with Crippen molar-refractivity contribution in [3.05, 3.63) is 223 Å². The van der Waals surface area contributed by atoms with Crippen LogP contribution in [0.5, 0.6) is 0 Å². The van der Waals surface area contributed by atoms with E-state index in [0.29, 0.717) is 23.0 Å². The van der Waals surface area contributed by atoms with Crippen molar-refractivity contribution in [1.82, 2.24) is 24.1 Å². The smallest absolute Gasteiger partial charge is 0.163 e. The van der Waals surface area contributed by atoms with Gasteiger partial charge in [0.2, 0.25) is 0 Å². The minimum atomic E-state index is 0.518. The van der Waals surface area contributed by atoms with Crippen molar-refractivity contribution < 1.29 is 0 Å². The number of benzene rings is 9. The fraction of sp³-hybridized carbons (Fsp3) is 0.0333. The van der Waals surface area contributed by atoms with Gasteiger partial charge in [-0.25, -0.2) is 15.0 Å². The number of rotatable bonds is 7. The number of aromatic nitrogens is 5. The van der Waals surface area contributed by atoms with E-state index in [1.54, 1.807) is 0 Å². The Morgan fingerprint density at radius 2 is 0.636 bits per heavy atom. The maximum absolute atomic E-state index is 11.8. The third kappa shape index (κ3) is 6.53. The van der Waals surface area contributed by atoms with E-state index in [1.165, 1.54) is 0 Å². The molecule has 3 aromatic heterocycles. The molecule has 66 heavy (non-hydrogen) atoms. The number of hydrogen-bond donors (Lipinski definition) is 0. The molecule has 0 fully saturated rings. The summed E-state index contributed by atoms with van der Waals surface area (Å²) in [5.41, 5.74) is 15.5. The summed E-state index contributed by atoms with van der Waals surface area (Å²) in [6, 6.07) is 75.6. The van der Waals surface area contributed by atoms with Gasteiger partial charge in [-0.15, -0.1) is 0 Å². The van der Waals surface area contributed by atoms with Crippen LogP contribution in [0.1, 0.15) is 17.2 Å². The number of fused-ring (bicyclic) bond motifs is 6. The predicted molar refractivity (Wildman–Crippen MR) is 270 cm³/mol. The Bertz CT molecular complexity index is 3450. The second-order valence-electron chi connectivity index (χ2n) is 16.8. The third-order valence-electron chi connectivity index (χ3n) is 12.8. The van der Waals surface area contributed by atoms with Crippen LogP contribution in [0, 0.1) is 25.2 Å². The lowest BCUT2D eigenvalue weighted by Gasteiger charge is -2.19. The van der Waals surface area contributed by atoms with Crippen LogP contribution < -0.4 is 0 Å². The molecule has 3 heterocycles. The van der Waals surface area contributed by atoms with Gasteiger partial charge in [-0.05, 0) is 94.8 Å². The van der Waals surface area contributed by atoms with Crippen LogP contribution in [0.15, 0.2) is 206 Å². The standard InChI is InChI=1S/C60H40N6/c1-38-62-39(2)64-60(63-38)48-35-58(65-54-31-44(40-15-7-3-8-16-40)23-27-49(54)50-28-24-45(32-55(50)65)41-17-9-4-10-18-41)53(37-61)59(36-48)66-56-33-46(42-19-11-5-12-20-42)25-29-51(56)52-30-26-47(34-57(52)66)43-21-13-6-14-22-43/h3-36H,1-2H3. The van der Waals surface area contributed by atoms with Crippen LogP contribution in [-0.2, 0) is 0 Å². The van der Waals surface area contributed by atoms with Crippen LogP contribution in [0.4, 0.5) is 0 Å². The largest absolute Gasteiger partial charge is 0.308 e. The molecule has 0 aliphatic rings. The SMILES string of the molecule is Cc1nc(C)nc(-c2cc(-n3c4cc(-c5ccccc5)ccc4c4ccc(-c5ccccc5)cc43)c(C#N)c(-n3c4cc(-c5ccccc5)ccc4c4ccc(-c5ccccc5)cc43)c2)n1. The molecule has 0 aliphatic heterocycles. The zero-order chi connectivity index (χ0) is 44.3. The van der Waals surface area contributed by atoms with Crippen LogP contribution in [0.25, 0.3) is 111 Å². The summed E-state index contributed by atoms with van der Waals surface area (Å²) in [6.07, 6.45) is 0. The first-order valence-electron chi connectivity index (χ1n) is 22.2. The van der Waals surface area contributed by atoms with E-state index >= 15 is 0 Å². The summed E-state index contributed by atoms with van der Waals surface area (Å²) in [6.45, 7) is 3.80. The lowest BCUT2D eigenvalue weighted by Crippen LogP contribution is -2.07. The van der Waals surface area contributed by atoms with E-state index in [2.05, 4.69) is 202 Å². The summed E-state index contributed by atoms with van der Waals surface area (Å²) in [4.78, 5) is 14.5. The van der Waals surface area contributed by atoms with E-state index < -0.39 is 0 Å². The maximum atomic E-state index is 11.8. The topological polar surface area (TPSA) is 72.3 Å². The van der Waals surface area contributed by atoms with E-state index in [1.807, 2.05) is 38.1 Å². The van der Waals surface area contributed by atoms with Crippen molar-refractivity contribution >= 4 is 43.6 Å². The summed E-state index contributed by atoms with van der Waals surface area (Å²) in [5, 5.41) is 16.2. The molecule has 12 rings (SSSR count). The van der Waals surface area contributed by atoms with Crippen molar-refractivity contribution in [3.8, 4) is 73.3 Å². The zero-order valence-electron chi connectivity index (χ0n) is 36.3. The summed E-state index contributed by atoms with van der Waals surface area (Å²) < 4.78 is 4.57. The molecule has 6 heteroatoms. The molecular formula is C60H40N6. The van der Waals surface area contributed by atoms with Crippen molar-refractivity contribution in [1.29, 1.82) is 5.26 Å². The third-order valence-corrected chi connectivity index (χ3v) is 12.8. The van der Waals surface area contributed by atoms with Crippen molar-refractivity contribution in [2.45, 2.75) is 13.8 Å². The second-order valence-corrected chi connectivity index (χ2v) is 16.8. The summed E-state index contributed by atoms with van der Waals surface area (Å²) in [5.74, 6) is 1.79. The number of nitrogens with zero attached hydrogens (tertiary/aromatic N) is 6. The maximum Gasteiger partial charge on any atom is 0.163 e. The fourth-order valence-electron chi connectivity index (χ4n) is 9.75. The highest BCUT2D eigenvalue weighted by atomic mass is 15.0. The quantitative estimate of drug-likeness (QED) is 0.160. The van der Waals surface area contributed by atoms with Gasteiger partial charge < -0.3 is 9.13 Å². The minimum Gasteiger partial charge on any atom is -0.308 e.